The van der Waals surface area contributed by atoms with Gasteiger partial charge in [-0.25, -0.2) is 9.78 Å². The molecule has 0 bridgehead atoms. The normalized spacial score (nSPS) is 11.8. The van der Waals surface area contributed by atoms with Crippen LogP contribution < -0.4 is 0 Å². The van der Waals surface area contributed by atoms with E-state index in [-0.39, 0.29) is 17.3 Å². The lowest BCUT2D eigenvalue weighted by Gasteiger charge is -2.18. The zero-order chi connectivity index (χ0) is 16.8. The number of imidazole rings is 1. The van der Waals surface area contributed by atoms with Crippen LogP contribution in [-0.4, -0.2) is 39.8 Å². The number of nitrogens with zero attached hydrogens (tertiary/aromatic N) is 2. The van der Waals surface area contributed by atoms with Crippen molar-refractivity contribution < 1.29 is 14.3 Å². The second-order valence-corrected chi connectivity index (χ2v) is 5.06. The number of ether oxygens (including phenoxy) is 1. The Labute approximate surface area is 135 Å². The molecule has 0 unspecified atom stereocenters. The number of aromatic nitrogens is 2. The molecule has 0 aliphatic carbocycles. The Morgan fingerprint density at radius 1 is 1.22 bits per heavy atom. The van der Waals surface area contributed by atoms with Gasteiger partial charge in [-0.15, -0.1) is 0 Å². The van der Waals surface area contributed by atoms with Crippen molar-refractivity contribution in [2.45, 2.75) is 26.9 Å². The van der Waals surface area contributed by atoms with Crippen molar-refractivity contribution >= 4 is 11.9 Å². The van der Waals surface area contributed by atoms with Crippen molar-refractivity contribution in [1.82, 2.24) is 14.9 Å². The van der Waals surface area contributed by atoms with E-state index in [0.717, 1.165) is 5.56 Å². The second-order valence-electron chi connectivity index (χ2n) is 5.06. The SMILES string of the molecule is CCN(CC)C(=O)c1nc[nH]c1C(=O)O[C@@H](C)c1ccccc1. The maximum Gasteiger partial charge on any atom is 0.357 e. The minimum atomic E-state index is -0.589. The first kappa shape index (κ1) is 16.7. The van der Waals surface area contributed by atoms with E-state index in [1.54, 1.807) is 11.8 Å². The number of benzene rings is 1. The molecule has 6 nitrogen and oxygen atoms in total. The molecule has 1 N–H and O–H groups in total. The molecule has 0 saturated heterocycles. The quantitative estimate of drug-likeness (QED) is 0.832. The molecule has 0 fully saturated rings. The minimum absolute atomic E-state index is 0.0877. The van der Waals surface area contributed by atoms with Gasteiger partial charge in [0.2, 0.25) is 0 Å². The number of amides is 1. The molecule has 2 rings (SSSR count). The van der Waals surface area contributed by atoms with E-state index >= 15 is 0 Å². The molecular formula is C17H21N3O3. The molecule has 6 heteroatoms. The van der Waals surface area contributed by atoms with Gasteiger partial charge in [0.05, 0.1) is 6.33 Å². The Morgan fingerprint density at radius 2 is 1.87 bits per heavy atom. The van der Waals surface area contributed by atoms with E-state index in [1.165, 1.54) is 6.33 Å². The van der Waals surface area contributed by atoms with Crippen LogP contribution in [-0.2, 0) is 4.74 Å². The second kappa shape index (κ2) is 7.58. The number of hydrogen-bond acceptors (Lipinski definition) is 4. The van der Waals surface area contributed by atoms with Gasteiger partial charge >= 0.3 is 5.97 Å². The lowest BCUT2D eigenvalue weighted by Crippen LogP contribution is -2.32. The lowest BCUT2D eigenvalue weighted by molar-refractivity contribution is 0.0327. The number of carbonyl (C=O) groups excluding carboxylic acids is 2. The lowest BCUT2D eigenvalue weighted by atomic mass is 10.1. The molecule has 0 radical (unpaired) electrons. The fraction of sp³-hybridized carbons (Fsp3) is 0.353. The molecule has 0 saturated carbocycles. The average molecular weight is 315 g/mol. The zero-order valence-electron chi connectivity index (χ0n) is 13.6. The van der Waals surface area contributed by atoms with Crippen LogP contribution in [0.1, 0.15) is 53.4 Å². The summed E-state index contributed by atoms with van der Waals surface area (Å²) in [6.45, 7) is 6.65. The fourth-order valence-corrected chi connectivity index (χ4v) is 2.28. The van der Waals surface area contributed by atoms with Crippen molar-refractivity contribution in [1.29, 1.82) is 0 Å². The molecule has 2 aromatic rings. The van der Waals surface area contributed by atoms with Crippen molar-refractivity contribution in [2.75, 3.05) is 13.1 Å². The summed E-state index contributed by atoms with van der Waals surface area (Å²) in [5, 5.41) is 0. The van der Waals surface area contributed by atoms with Crippen LogP contribution >= 0.6 is 0 Å². The van der Waals surface area contributed by atoms with Gasteiger partial charge < -0.3 is 14.6 Å². The molecule has 0 spiro atoms. The number of rotatable bonds is 6. The van der Waals surface area contributed by atoms with E-state index in [0.29, 0.717) is 13.1 Å². The van der Waals surface area contributed by atoms with Crippen LogP contribution in [0.15, 0.2) is 36.7 Å². The van der Waals surface area contributed by atoms with E-state index in [1.807, 2.05) is 44.2 Å². The van der Waals surface area contributed by atoms with Crippen LogP contribution in [0.5, 0.6) is 0 Å². The van der Waals surface area contributed by atoms with Crippen molar-refractivity contribution in [2.24, 2.45) is 0 Å². The van der Waals surface area contributed by atoms with Gasteiger partial charge in [0.1, 0.15) is 6.10 Å². The van der Waals surface area contributed by atoms with Crippen molar-refractivity contribution in [3.8, 4) is 0 Å². The molecule has 1 aromatic heterocycles. The van der Waals surface area contributed by atoms with Crippen LogP contribution in [0.4, 0.5) is 0 Å². The first-order valence-electron chi connectivity index (χ1n) is 7.67. The van der Waals surface area contributed by atoms with Crippen molar-refractivity contribution in [3.63, 3.8) is 0 Å². The van der Waals surface area contributed by atoms with Crippen LogP contribution in [0.25, 0.3) is 0 Å². The molecule has 1 aromatic carbocycles. The molecule has 1 atom stereocenters. The van der Waals surface area contributed by atoms with E-state index in [2.05, 4.69) is 9.97 Å². The third-order valence-electron chi connectivity index (χ3n) is 3.65. The third kappa shape index (κ3) is 3.77. The Hall–Kier alpha value is -2.63. The highest BCUT2D eigenvalue weighted by atomic mass is 16.5. The van der Waals surface area contributed by atoms with Gasteiger partial charge in [-0.05, 0) is 26.3 Å². The molecule has 122 valence electrons. The molecular weight excluding hydrogens is 294 g/mol. The van der Waals surface area contributed by atoms with Gasteiger partial charge in [-0.3, -0.25) is 4.79 Å². The van der Waals surface area contributed by atoms with E-state index < -0.39 is 12.1 Å². The summed E-state index contributed by atoms with van der Waals surface area (Å²) in [6.07, 6.45) is 0.920. The highest BCUT2D eigenvalue weighted by Gasteiger charge is 2.25. The Morgan fingerprint density at radius 3 is 2.48 bits per heavy atom. The number of carbonyl (C=O) groups is 2. The minimum Gasteiger partial charge on any atom is -0.453 e. The first-order chi connectivity index (χ1) is 11.1. The number of nitrogens with one attached hydrogen (secondary N) is 1. The summed E-state index contributed by atoms with van der Waals surface area (Å²) in [5.41, 5.74) is 1.07. The predicted octanol–water partition coefficient (Wildman–Crippen LogP) is 2.81. The van der Waals surface area contributed by atoms with Gasteiger partial charge in [-0.2, -0.15) is 0 Å². The highest BCUT2D eigenvalue weighted by Crippen LogP contribution is 2.19. The number of aromatic amines is 1. The van der Waals surface area contributed by atoms with Gasteiger partial charge in [0.25, 0.3) is 5.91 Å². The topological polar surface area (TPSA) is 75.3 Å². The highest BCUT2D eigenvalue weighted by molar-refractivity contribution is 6.02. The van der Waals surface area contributed by atoms with Gasteiger partial charge in [0.15, 0.2) is 11.4 Å². The maximum absolute atomic E-state index is 12.4. The number of hydrogen-bond donors (Lipinski definition) is 1. The Balaban J connectivity index is 2.15. The molecule has 1 heterocycles. The van der Waals surface area contributed by atoms with E-state index in [4.69, 9.17) is 4.74 Å². The number of H-pyrrole nitrogens is 1. The predicted molar refractivity (Wildman–Crippen MR) is 86.1 cm³/mol. The molecule has 0 aliphatic heterocycles. The summed E-state index contributed by atoms with van der Waals surface area (Å²) in [7, 11) is 0. The van der Waals surface area contributed by atoms with Gasteiger partial charge in [0, 0.05) is 13.1 Å². The third-order valence-corrected chi connectivity index (χ3v) is 3.65. The summed E-state index contributed by atoms with van der Waals surface area (Å²) >= 11 is 0. The van der Waals surface area contributed by atoms with Gasteiger partial charge in [-0.1, -0.05) is 30.3 Å². The van der Waals surface area contributed by atoms with Crippen LogP contribution in [0.3, 0.4) is 0 Å². The molecule has 0 aliphatic rings. The summed E-state index contributed by atoms with van der Waals surface area (Å²) in [5.74, 6) is -0.870. The summed E-state index contributed by atoms with van der Waals surface area (Å²) in [6, 6.07) is 9.42. The average Bonchev–Trinajstić information content (AvgIpc) is 3.06. The van der Waals surface area contributed by atoms with Crippen molar-refractivity contribution in [3.05, 3.63) is 53.6 Å². The van der Waals surface area contributed by atoms with Crippen LogP contribution in [0.2, 0.25) is 0 Å². The first-order valence-corrected chi connectivity index (χ1v) is 7.67. The zero-order valence-corrected chi connectivity index (χ0v) is 13.6. The molecule has 23 heavy (non-hydrogen) atoms. The summed E-state index contributed by atoms with van der Waals surface area (Å²) in [4.78, 5) is 33.0. The standard InChI is InChI=1S/C17H21N3O3/c1-4-20(5-2)16(21)14-15(19-11-18-14)17(22)23-12(3)13-9-7-6-8-10-13/h6-12H,4-5H2,1-3H3,(H,18,19)/t12-/m0/s1. The fourth-order valence-electron chi connectivity index (χ4n) is 2.28. The summed E-state index contributed by atoms with van der Waals surface area (Å²) < 4.78 is 5.44. The number of esters is 1. The largest absolute Gasteiger partial charge is 0.453 e. The van der Waals surface area contributed by atoms with Crippen LogP contribution in [0, 0.1) is 0 Å². The Kier molecular flexibility index (Phi) is 5.51. The van der Waals surface area contributed by atoms with E-state index in [9.17, 15) is 9.59 Å². The monoisotopic (exact) mass is 315 g/mol. The maximum atomic E-state index is 12.4. The molecule has 1 amide bonds. The smallest absolute Gasteiger partial charge is 0.357 e. The Bertz CT molecular complexity index is 663.